The maximum absolute atomic E-state index is 7.62. The minimum atomic E-state index is -1.73. The third-order valence-corrected chi connectivity index (χ3v) is 2.82. The first-order chi connectivity index (χ1) is 6.76. The van der Waals surface area contributed by atoms with E-state index in [9.17, 15) is 0 Å². The van der Waals surface area contributed by atoms with Crippen LogP contribution in [0, 0.1) is 0 Å². The number of hydrogen-bond donors (Lipinski definition) is 2. The van der Waals surface area contributed by atoms with Gasteiger partial charge in [0.2, 0.25) is 0 Å². The zero-order valence-electron chi connectivity index (χ0n) is 9.23. The van der Waals surface area contributed by atoms with Gasteiger partial charge in [-0.1, -0.05) is 0 Å². The molecule has 88 valence electrons. The molecule has 0 aliphatic carbocycles. The van der Waals surface area contributed by atoms with Crippen LogP contribution in [0.4, 0.5) is 0 Å². The fourth-order valence-electron chi connectivity index (χ4n) is 0.553. The minimum Gasteiger partial charge on any atom is -0.394 e. The van der Waals surface area contributed by atoms with Gasteiger partial charge in [0.25, 0.3) is 0 Å². The van der Waals surface area contributed by atoms with Gasteiger partial charge in [0.1, 0.15) is 0 Å². The lowest BCUT2D eigenvalue weighted by Gasteiger charge is -2.12. The van der Waals surface area contributed by atoms with Gasteiger partial charge < -0.3 is 23.5 Å². The molecule has 0 atom stereocenters. The summed E-state index contributed by atoms with van der Waals surface area (Å²) < 4.78 is 15.7. The Hall–Kier alpha value is 0.0169. The van der Waals surface area contributed by atoms with E-state index in [-0.39, 0.29) is 13.2 Å². The summed E-state index contributed by atoms with van der Waals surface area (Å²) in [7, 11) is -1.73. The molecule has 0 amide bonds. The molecular weight excluding hydrogens is 204 g/mol. The zero-order chi connectivity index (χ0) is 11.2. The van der Waals surface area contributed by atoms with Gasteiger partial charge >= 0.3 is 9.53 Å². The molecule has 0 aliphatic heterocycles. The lowest BCUT2D eigenvalue weighted by Crippen LogP contribution is -2.27. The van der Waals surface area contributed by atoms with Gasteiger partial charge in [-0.25, -0.2) is 0 Å². The van der Waals surface area contributed by atoms with Crippen molar-refractivity contribution in [3.05, 3.63) is 0 Å². The van der Waals surface area contributed by atoms with E-state index in [4.69, 9.17) is 23.5 Å². The Morgan fingerprint density at radius 3 is 1.21 bits per heavy atom. The fourth-order valence-corrected chi connectivity index (χ4v) is 1.66. The first kappa shape index (κ1) is 16.4. The molecule has 0 saturated heterocycles. The predicted octanol–water partition coefficient (Wildman–Crippen LogP) is -0.216. The van der Waals surface area contributed by atoms with Gasteiger partial charge in [-0.3, -0.25) is 0 Å². The lowest BCUT2D eigenvalue weighted by atomic mass is 10.8. The maximum atomic E-state index is 7.62. The lowest BCUT2D eigenvalue weighted by molar-refractivity contribution is 0.107. The van der Waals surface area contributed by atoms with Crippen molar-refractivity contribution in [1.29, 1.82) is 0 Å². The monoisotopic (exact) mass is 226 g/mol. The third-order valence-electron chi connectivity index (χ3n) is 1.01. The van der Waals surface area contributed by atoms with Gasteiger partial charge in [0.05, 0.1) is 13.2 Å². The second-order valence-electron chi connectivity index (χ2n) is 2.10. The number of aliphatic hydroxyl groups is 2. The van der Waals surface area contributed by atoms with Crippen LogP contribution in [0.2, 0.25) is 0 Å². The van der Waals surface area contributed by atoms with E-state index in [2.05, 4.69) is 0 Å². The second-order valence-corrected chi connectivity index (χ2v) is 3.68. The van der Waals surface area contributed by atoms with E-state index < -0.39 is 9.53 Å². The van der Waals surface area contributed by atoms with E-state index in [0.717, 1.165) is 0 Å². The minimum absolute atomic E-state index is 0.125. The van der Waals surface area contributed by atoms with Crippen LogP contribution < -0.4 is 0 Å². The summed E-state index contributed by atoms with van der Waals surface area (Å²) in [6, 6.07) is 0. The van der Waals surface area contributed by atoms with Crippen molar-refractivity contribution in [3.8, 4) is 0 Å². The normalized spacial score (nSPS) is 9.86. The standard InChI is InChI=1S/C6H16O3Si.C2H6O2/c1-4-7-10(8-5-2)9-6-3;3-1-2-4/h10H,4-6H2,1-3H3;3-4H,1-2H2. The molecule has 0 unspecified atom stereocenters. The summed E-state index contributed by atoms with van der Waals surface area (Å²) >= 11 is 0. The highest BCUT2D eigenvalue weighted by atomic mass is 28.3. The van der Waals surface area contributed by atoms with Crippen LogP contribution >= 0.6 is 0 Å². The molecule has 0 aliphatic rings. The molecule has 0 aromatic heterocycles. The largest absolute Gasteiger partial charge is 0.484 e. The molecule has 2 N–H and O–H groups in total. The van der Waals surface area contributed by atoms with E-state index in [0.29, 0.717) is 19.8 Å². The Bertz CT molecular complexity index is 77.5. The molecule has 0 aromatic carbocycles. The Morgan fingerprint density at radius 1 is 0.786 bits per heavy atom. The van der Waals surface area contributed by atoms with Crippen molar-refractivity contribution < 1.29 is 23.5 Å². The van der Waals surface area contributed by atoms with Crippen molar-refractivity contribution in [1.82, 2.24) is 0 Å². The predicted molar refractivity (Wildman–Crippen MR) is 56.2 cm³/mol. The van der Waals surface area contributed by atoms with Gasteiger partial charge in [0.15, 0.2) is 0 Å². The van der Waals surface area contributed by atoms with Crippen LogP contribution in [0.3, 0.4) is 0 Å². The van der Waals surface area contributed by atoms with Crippen LogP contribution in [0.1, 0.15) is 20.8 Å². The van der Waals surface area contributed by atoms with E-state index in [1.807, 2.05) is 20.8 Å². The summed E-state index contributed by atoms with van der Waals surface area (Å²) in [6.45, 7) is 7.61. The Morgan fingerprint density at radius 2 is 1.07 bits per heavy atom. The molecule has 0 heterocycles. The zero-order valence-corrected chi connectivity index (χ0v) is 10.4. The molecule has 0 spiro atoms. The van der Waals surface area contributed by atoms with Gasteiger partial charge in [0, 0.05) is 19.8 Å². The Labute approximate surface area is 87.6 Å². The summed E-state index contributed by atoms with van der Waals surface area (Å²) in [5, 5.41) is 15.2. The summed E-state index contributed by atoms with van der Waals surface area (Å²) in [6.07, 6.45) is 0. The first-order valence-electron chi connectivity index (χ1n) is 4.83. The summed E-state index contributed by atoms with van der Waals surface area (Å²) in [5.41, 5.74) is 0. The number of hydrogen-bond acceptors (Lipinski definition) is 5. The Balaban J connectivity index is 0. The molecule has 5 nitrogen and oxygen atoms in total. The quantitative estimate of drug-likeness (QED) is 0.588. The molecular formula is C8H22O5Si. The Kier molecular flexibility index (Phi) is 18.2. The number of rotatable bonds is 7. The van der Waals surface area contributed by atoms with Gasteiger partial charge in [-0.2, -0.15) is 0 Å². The smallest absolute Gasteiger partial charge is 0.394 e. The van der Waals surface area contributed by atoms with Crippen LogP contribution in [0.15, 0.2) is 0 Å². The maximum Gasteiger partial charge on any atom is 0.484 e. The fraction of sp³-hybridized carbons (Fsp3) is 1.00. The van der Waals surface area contributed by atoms with E-state index >= 15 is 0 Å². The second kappa shape index (κ2) is 15.5. The van der Waals surface area contributed by atoms with Crippen LogP contribution in [-0.2, 0) is 13.3 Å². The van der Waals surface area contributed by atoms with Gasteiger partial charge in [-0.05, 0) is 20.8 Å². The first-order valence-corrected chi connectivity index (χ1v) is 6.24. The molecule has 0 bridgehead atoms. The number of aliphatic hydroxyl groups excluding tert-OH is 2. The van der Waals surface area contributed by atoms with Crippen molar-refractivity contribution in [2.75, 3.05) is 33.0 Å². The third kappa shape index (κ3) is 14.5. The topological polar surface area (TPSA) is 68.2 Å². The SMILES string of the molecule is CCO[SiH](OCC)OCC.OCCO. The molecule has 0 rings (SSSR count). The average molecular weight is 226 g/mol. The van der Waals surface area contributed by atoms with Crippen LogP contribution in [0.25, 0.3) is 0 Å². The van der Waals surface area contributed by atoms with Gasteiger partial charge in [-0.15, -0.1) is 0 Å². The van der Waals surface area contributed by atoms with Crippen molar-refractivity contribution in [3.63, 3.8) is 0 Å². The van der Waals surface area contributed by atoms with Crippen molar-refractivity contribution in [2.45, 2.75) is 20.8 Å². The molecule has 0 saturated carbocycles. The highest BCUT2D eigenvalue weighted by Crippen LogP contribution is 1.90. The van der Waals surface area contributed by atoms with Crippen molar-refractivity contribution >= 4 is 9.53 Å². The average Bonchev–Trinajstić information content (AvgIpc) is 2.20. The molecule has 14 heavy (non-hydrogen) atoms. The molecule has 6 heteroatoms. The summed E-state index contributed by atoms with van der Waals surface area (Å²) in [5.74, 6) is 0. The summed E-state index contributed by atoms with van der Waals surface area (Å²) in [4.78, 5) is 0. The van der Waals surface area contributed by atoms with E-state index in [1.165, 1.54) is 0 Å². The van der Waals surface area contributed by atoms with Crippen molar-refractivity contribution in [2.24, 2.45) is 0 Å². The highest BCUT2D eigenvalue weighted by molar-refractivity contribution is 6.36. The molecule has 0 radical (unpaired) electrons. The van der Waals surface area contributed by atoms with E-state index in [1.54, 1.807) is 0 Å². The van der Waals surface area contributed by atoms with Crippen LogP contribution in [0.5, 0.6) is 0 Å². The molecule has 0 aromatic rings. The highest BCUT2D eigenvalue weighted by Gasteiger charge is 2.11. The molecule has 0 fully saturated rings. The van der Waals surface area contributed by atoms with Crippen LogP contribution in [-0.4, -0.2) is 52.8 Å².